The maximum absolute atomic E-state index is 13.0. The molecule has 36 heavy (non-hydrogen) atoms. The summed E-state index contributed by atoms with van der Waals surface area (Å²) < 4.78 is 57.9. The molecule has 0 aliphatic heterocycles. The number of carbonyl (C=O) groups is 1. The van der Waals surface area contributed by atoms with E-state index < -0.39 is 22.7 Å². The van der Waals surface area contributed by atoms with Crippen molar-refractivity contribution < 1.29 is 32.2 Å². The zero-order valence-electron chi connectivity index (χ0n) is 19.1. The van der Waals surface area contributed by atoms with Gasteiger partial charge in [-0.15, -0.1) is 0 Å². The summed E-state index contributed by atoms with van der Waals surface area (Å²) in [7, 11) is 1.44. The van der Waals surface area contributed by atoms with Gasteiger partial charge in [0, 0.05) is 19.2 Å². The number of halogens is 4. The third-order valence-corrected chi connectivity index (χ3v) is 5.29. The third kappa shape index (κ3) is 5.35. The van der Waals surface area contributed by atoms with Crippen LogP contribution in [-0.4, -0.2) is 55.8 Å². The molecule has 0 atom stereocenters. The molecule has 190 valence electrons. The van der Waals surface area contributed by atoms with E-state index >= 15 is 0 Å². The van der Waals surface area contributed by atoms with Crippen LogP contribution in [0.3, 0.4) is 0 Å². The van der Waals surface area contributed by atoms with E-state index in [0.29, 0.717) is 24.0 Å². The van der Waals surface area contributed by atoms with E-state index in [2.05, 4.69) is 20.2 Å². The van der Waals surface area contributed by atoms with Crippen LogP contribution in [0.5, 0.6) is 11.6 Å². The molecule has 4 aromatic rings. The SMILES string of the molecule is CCOC(=O)c1cnn(-c2nc(OC)c3c(cnn3CCCOc3ccc(Cl)c(C(F)(F)F)c3)n2)c1. The highest BCUT2D eigenvalue weighted by Gasteiger charge is 2.33. The van der Waals surface area contributed by atoms with Crippen molar-refractivity contribution in [2.75, 3.05) is 20.3 Å². The molecule has 0 radical (unpaired) electrons. The smallest absolute Gasteiger partial charge is 0.417 e. The van der Waals surface area contributed by atoms with Gasteiger partial charge in [0.05, 0.1) is 48.9 Å². The number of rotatable bonds is 9. The van der Waals surface area contributed by atoms with E-state index in [0.717, 1.165) is 12.1 Å². The molecule has 0 saturated carbocycles. The summed E-state index contributed by atoms with van der Waals surface area (Å²) in [5.41, 5.74) is 0.283. The molecule has 0 N–H and O–H groups in total. The Kier molecular flexibility index (Phi) is 7.29. The normalized spacial score (nSPS) is 11.6. The fraction of sp³-hybridized carbons (Fsp3) is 0.318. The molecule has 4 rings (SSSR count). The van der Waals surface area contributed by atoms with Gasteiger partial charge in [-0.25, -0.2) is 14.5 Å². The molecule has 1 aromatic carbocycles. The summed E-state index contributed by atoms with van der Waals surface area (Å²) in [5, 5.41) is 8.02. The van der Waals surface area contributed by atoms with E-state index in [1.807, 2.05) is 0 Å². The minimum Gasteiger partial charge on any atom is -0.494 e. The van der Waals surface area contributed by atoms with Crippen LogP contribution < -0.4 is 9.47 Å². The molecule has 0 unspecified atom stereocenters. The Morgan fingerprint density at radius 2 is 1.97 bits per heavy atom. The van der Waals surface area contributed by atoms with Crippen molar-refractivity contribution in [1.82, 2.24) is 29.5 Å². The topological polar surface area (TPSA) is 106 Å². The van der Waals surface area contributed by atoms with Crippen LogP contribution in [0.15, 0.2) is 36.8 Å². The first-order valence-electron chi connectivity index (χ1n) is 10.7. The summed E-state index contributed by atoms with van der Waals surface area (Å²) in [5.74, 6) is -0.0563. The predicted molar refractivity (Wildman–Crippen MR) is 122 cm³/mol. The minimum absolute atomic E-state index is 0.0593. The quantitative estimate of drug-likeness (QED) is 0.235. The molecule has 0 aliphatic carbocycles. The van der Waals surface area contributed by atoms with Crippen molar-refractivity contribution in [3.8, 4) is 17.6 Å². The highest BCUT2D eigenvalue weighted by Crippen LogP contribution is 2.36. The van der Waals surface area contributed by atoms with Crippen LogP contribution in [0.25, 0.3) is 17.0 Å². The molecule has 0 amide bonds. The third-order valence-electron chi connectivity index (χ3n) is 4.96. The lowest BCUT2D eigenvalue weighted by molar-refractivity contribution is -0.137. The monoisotopic (exact) mass is 524 g/mol. The predicted octanol–water partition coefficient (Wildman–Crippen LogP) is 4.34. The number of ether oxygens (including phenoxy) is 3. The van der Waals surface area contributed by atoms with Gasteiger partial charge in [-0.1, -0.05) is 11.6 Å². The number of aromatic nitrogens is 6. The highest BCUT2D eigenvalue weighted by atomic mass is 35.5. The number of benzene rings is 1. The molecular formula is C22H20ClF3N6O4. The number of nitrogens with zero attached hydrogens (tertiary/aromatic N) is 6. The summed E-state index contributed by atoms with van der Waals surface area (Å²) in [6, 6.07) is 3.39. The zero-order valence-corrected chi connectivity index (χ0v) is 19.9. The van der Waals surface area contributed by atoms with E-state index in [9.17, 15) is 18.0 Å². The van der Waals surface area contributed by atoms with Crippen LogP contribution in [-0.2, 0) is 17.5 Å². The molecule has 0 fully saturated rings. The summed E-state index contributed by atoms with van der Waals surface area (Å²) in [6.07, 6.45) is 0.166. The van der Waals surface area contributed by atoms with Gasteiger partial charge in [0.25, 0.3) is 5.95 Å². The molecule has 3 heterocycles. The Morgan fingerprint density at radius 1 is 1.17 bits per heavy atom. The lowest BCUT2D eigenvalue weighted by Gasteiger charge is -2.12. The number of hydrogen-bond acceptors (Lipinski definition) is 8. The second-order valence-corrected chi connectivity index (χ2v) is 7.78. The number of aryl methyl sites for hydroxylation is 1. The summed E-state index contributed by atoms with van der Waals surface area (Å²) >= 11 is 5.63. The number of alkyl halides is 3. The van der Waals surface area contributed by atoms with Crippen LogP contribution in [0.1, 0.15) is 29.3 Å². The van der Waals surface area contributed by atoms with Crippen LogP contribution >= 0.6 is 11.6 Å². The summed E-state index contributed by atoms with van der Waals surface area (Å²) in [4.78, 5) is 20.7. The van der Waals surface area contributed by atoms with Gasteiger partial charge in [0.2, 0.25) is 5.88 Å². The van der Waals surface area contributed by atoms with Gasteiger partial charge < -0.3 is 14.2 Å². The van der Waals surface area contributed by atoms with E-state index in [4.69, 9.17) is 25.8 Å². The standard InChI is InChI=1S/C22H20ClF3N6O4/c1-3-35-20(33)13-10-27-32(12-13)21-29-17-11-28-31(18(17)19(30-21)34-2)7-4-8-36-14-5-6-16(23)15(9-14)22(24,25)26/h5-6,9-12H,3-4,7-8H2,1-2H3. The largest absolute Gasteiger partial charge is 0.494 e. The fourth-order valence-electron chi connectivity index (χ4n) is 3.34. The second-order valence-electron chi connectivity index (χ2n) is 7.37. The number of methoxy groups -OCH3 is 1. The molecule has 3 aromatic heterocycles. The molecule has 0 spiro atoms. The Bertz CT molecular complexity index is 1390. The maximum Gasteiger partial charge on any atom is 0.417 e. The lowest BCUT2D eigenvalue weighted by Crippen LogP contribution is -2.09. The average Bonchev–Trinajstić information content (AvgIpc) is 3.49. The van der Waals surface area contributed by atoms with Gasteiger partial charge in [-0.3, -0.25) is 4.68 Å². The van der Waals surface area contributed by atoms with Gasteiger partial charge in [-0.05, 0) is 25.1 Å². The number of esters is 1. The van der Waals surface area contributed by atoms with Crippen LogP contribution in [0.4, 0.5) is 13.2 Å². The molecule has 0 aliphatic rings. The minimum atomic E-state index is -4.57. The number of carbonyl (C=O) groups excluding carboxylic acids is 1. The molecule has 14 heteroatoms. The Labute approximate surface area is 207 Å². The van der Waals surface area contributed by atoms with Gasteiger partial charge in [0.15, 0.2) is 0 Å². The van der Waals surface area contributed by atoms with Gasteiger partial charge in [-0.2, -0.15) is 28.4 Å². The first-order valence-corrected chi connectivity index (χ1v) is 11.1. The molecule has 0 saturated heterocycles. The van der Waals surface area contributed by atoms with Gasteiger partial charge in [0.1, 0.15) is 16.8 Å². The fourth-order valence-corrected chi connectivity index (χ4v) is 3.56. The van der Waals surface area contributed by atoms with Crippen molar-refractivity contribution in [2.24, 2.45) is 0 Å². The number of fused-ring (bicyclic) bond motifs is 1. The van der Waals surface area contributed by atoms with Gasteiger partial charge >= 0.3 is 12.1 Å². The van der Waals surface area contributed by atoms with Crippen molar-refractivity contribution in [3.05, 3.63) is 52.9 Å². The molecule has 10 nitrogen and oxygen atoms in total. The Hall–Kier alpha value is -3.87. The van der Waals surface area contributed by atoms with E-state index in [1.54, 1.807) is 11.6 Å². The Balaban J connectivity index is 1.46. The average molecular weight is 525 g/mol. The van der Waals surface area contributed by atoms with Crippen LogP contribution in [0.2, 0.25) is 5.02 Å². The second kappa shape index (κ2) is 10.4. The van der Waals surface area contributed by atoms with Crippen molar-refractivity contribution in [3.63, 3.8) is 0 Å². The molecular weight excluding hydrogens is 505 g/mol. The van der Waals surface area contributed by atoms with E-state index in [1.165, 1.54) is 36.4 Å². The van der Waals surface area contributed by atoms with Crippen molar-refractivity contribution >= 4 is 28.6 Å². The molecule has 0 bridgehead atoms. The van der Waals surface area contributed by atoms with Crippen LogP contribution in [0, 0.1) is 0 Å². The Morgan fingerprint density at radius 3 is 2.69 bits per heavy atom. The van der Waals surface area contributed by atoms with Crippen molar-refractivity contribution in [2.45, 2.75) is 26.1 Å². The highest BCUT2D eigenvalue weighted by molar-refractivity contribution is 6.31. The van der Waals surface area contributed by atoms with E-state index in [-0.39, 0.29) is 36.4 Å². The van der Waals surface area contributed by atoms with Crippen molar-refractivity contribution in [1.29, 1.82) is 0 Å². The first kappa shape index (κ1) is 25.2. The first-order chi connectivity index (χ1) is 17.2. The zero-order chi connectivity index (χ0) is 25.9. The number of hydrogen-bond donors (Lipinski definition) is 0. The summed E-state index contributed by atoms with van der Waals surface area (Å²) in [6.45, 7) is 2.43. The maximum atomic E-state index is 13.0. The lowest BCUT2D eigenvalue weighted by atomic mass is 10.2.